The molecular weight excluding hydrogens is 297 g/mol. The average molecular weight is 313 g/mol. The van der Waals surface area contributed by atoms with Gasteiger partial charge in [0.2, 0.25) is 0 Å². The molecule has 0 amide bonds. The Morgan fingerprint density at radius 3 is 2.61 bits per heavy atom. The van der Waals surface area contributed by atoms with Crippen LogP contribution in [0.2, 0.25) is 0 Å². The molecule has 1 N–H and O–H groups in total. The van der Waals surface area contributed by atoms with Gasteiger partial charge in [-0.05, 0) is 42.7 Å². The largest absolute Gasteiger partial charge is 0.493 e. The van der Waals surface area contributed by atoms with Crippen molar-refractivity contribution in [3.05, 3.63) is 65.5 Å². The van der Waals surface area contributed by atoms with E-state index in [0.717, 1.165) is 5.56 Å². The van der Waals surface area contributed by atoms with Crippen LogP contribution in [0.25, 0.3) is 0 Å². The van der Waals surface area contributed by atoms with Crippen LogP contribution in [-0.2, 0) is 0 Å². The number of carboxylic acids is 1. The minimum absolute atomic E-state index is 0.194. The molecule has 0 aromatic heterocycles. The minimum Gasteiger partial charge on any atom is -0.493 e. The summed E-state index contributed by atoms with van der Waals surface area (Å²) in [6.45, 7) is 0.384. The molecular formula is C18H16FNO3. The van der Waals surface area contributed by atoms with Crippen LogP contribution in [0, 0.1) is 17.1 Å². The Hall–Kier alpha value is -2.87. The third kappa shape index (κ3) is 4.82. The third-order valence-corrected chi connectivity index (χ3v) is 3.42. The first kappa shape index (κ1) is 16.5. The zero-order chi connectivity index (χ0) is 16.7. The highest BCUT2D eigenvalue weighted by atomic mass is 19.1. The smallest absolute Gasteiger partial charge is 0.335 e. The number of rotatable bonds is 7. The lowest BCUT2D eigenvalue weighted by atomic mass is 9.95. The molecule has 0 radical (unpaired) electrons. The molecule has 0 saturated carbocycles. The van der Waals surface area contributed by atoms with Gasteiger partial charge in [-0.15, -0.1) is 0 Å². The molecule has 2 aromatic rings. The molecule has 0 spiro atoms. The van der Waals surface area contributed by atoms with Gasteiger partial charge in [0.1, 0.15) is 11.6 Å². The molecule has 0 bridgehead atoms. The lowest BCUT2D eigenvalue weighted by Gasteiger charge is -2.11. The first-order valence-corrected chi connectivity index (χ1v) is 7.21. The van der Waals surface area contributed by atoms with E-state index >= 15 is 0 Å². The second-order valence-electron chi connectivity index (χ2n) is 5.06. The lowest BCUT2D eigenvalue weighted by molar-refractivity contribution is 0.0697. The van der Waals surface area contributed by atoms with Gasteiger partial charge in [-0.1, -0.05) is 18.2 Å². The number of hydrogen-bond donors (Lipinski definition) is 1. The molecule has 0 saturated heterocycles. The Bertz CT molecular complexity index is 707. The van der Waals surface area contributed by atoms with E-state index in [1.807, 2.05) is 0 Å². The van der Waals surface area contributed by atoms with E-state index in [-0.39, 0.29) is 17.3 Å². The van der Waals surface area contributed by atoms with E-state index in [4.69, 9.17) is 9.84 Å². The minimum atomic E-state index is -0.992. The van der Waals surface area contributed by atoms with Crippen molar-refractivity contribution in [3.63, 3.8) is 0 Å². The van der Waals surface area contributed by atoms with Crippen LogP contribution < -0.4 is 4.74 Å². The molecule has 2 rings (SSSR count). The zero-order valence-corrected chi connectivity index (χ0v) is 12.4. The highest BCUT2D eigenvalue weighted by Crippen LogP contribution is 2.21. The fraction of sp³-hybridized carbons (Fsp3) is 0.222. The van der Waals surface area contributed by atoms with E-state index < -0.39 is 5.97 Å². The van der Waals surface area contributed by atoms with Gasteiger partial charge in [-0.25, -0.2) is 9.18 Å². The summed E-state index contributed by atoms with van der Waals surface area (Å²) in [6, 6.07) is 14.4. The molecule has 23 heavy (non-hydrogen) atoms. The van der Waals surface area contributed by atoms with E-state index in [1.54, 1.807) is 24.3 Å². The maximum Gasteiger partial charge on any atom is 0.335 e. The van der Waals surface area contributed by atoms with Gasteiger partial charge >= 0.3 is 5.97 Å². The van der Waals surface area contributed by atoms with Gasteiger partial charge in [0.05, 0.1) is 24.2 Å². The zero-order valence-electron chi connectivity index (χ0n) is 12.4. The first-order valence-electron chi connectivity index (χ1n) is 7.21. The second-order valence-corrected chi connectivity index (χ2v) is 5.06. The standard InChI is InChI=1S/C18H16FNO3/c19-16-4-1-5-17(11-16)23-10-2-3-15(12-20)13-6-8-14(9-7-13)18(21)22/h1,4-9,11,15H,2-3,10H2,(H,21,22). The van der Waals surface area contributed by atoms with E-state index in [9.17, 15) is 14.4 Å². The van der Waals surface area contributed by atoms with Crippen molar-refractivity contribution in [2.45, 2.75) is 18.8 Å². The highest BCUT2D eigenvalue weighted by molar-refractivity contribution is 5.87. The lowest BCUT2D eigenvalue weighted by Crippen LogP contribution is -2.03. The van der Waals surface area contributed by atoms with Crippen LogP contribution in [0.15, 0.2) is 48.5 Å². The third-order valence-electron chi connectivity index (χ3n) is 3.42. The molecule has 0 fully saturated rings. The summed E-state index contributed by atoms with van der Waals surface area (Å²) in [5.41, 5.74) is 0.975. The first-order chi connectivity index (χ1) is 11.1. The SMILES string of the molecule is N#CC(CCCOc1cccc(F)c1)c1ccc(C(=O)O)cc1. The van der Waals surface area contributed by atoms with Gasteiger partial charge in [-0.2, -0.15) is 5.26 Å². The van der Waals surface area contributed by atoms with Gasteiger partial charge < -0.3 is 9.84 Å². The van der Waals surface area contributed by atoms with E-state index in [1.165, 1.54) is 24.3 Å². The molecule has 1 atom stereocenters. The molecule has 118 valence electrons. The predicted octanol–water partition coefficient (Wildman–Crippen LogP) is 3.99. The monoisotopic (exact) mass is 313 g/mol. The number of benzene rings is 2. The van der Waals surface area contributed by atoms with Crippen LogP contribution in [0.5, 0.6) is 5.75 Å². The highest BCUT2D eigenvalue weighted by Gasteiger charge is 2.11. The van der Waals surface area contributed by atoms with Gasteiger partial charge in [0, 0.05) is 6.07 Å². The van der Waals surface area contributed by atoms with Crippen molar-refractivity contribution < 1.29 is 19.0 Å². The summed E-state index contributed by atoms with van der Waals surface area (Å²) in [5, 5.41) is 18.1. The molecule has 4 nitrogen and oxygen atoms in total. The molecule has 0 aliphatic rings. The van der Waals surface area contributed by atoms with E-state index in [0.29, 0.717) is 25.2 Å². The molecule has 5 heteroatoms. The average Bonchev–Trinajstić information content (AvgIpc) is 2.55. The predicted molar refractivity (Wildman–Crippen MR) is 82.9 cm³/mol. The molecule has 0 aliphatic heterocycles. The fourth-order valence-corrected chi connectivity index (χ4v) is 2.20. The quantitative estimate of drug-likeness (QED) is 0.785. The topological polar surface area (TPSA) is 70.3 Å². The summed E-state index contributed by atoms with van der Waals surface area (Å²) in [7, 11) is 0. The summed E-state index contributed by atoms with van der Waals surface area (Å²) in [5.74, 6) is -1.21. The molecule has 2 aromatic carbocycles. The Kier molecular flexibility index (Phi) is 5.70. The van der Waals surface area contributed by atoms with Crippen LogP contribution in [0.4, 0.5) is 4.39 Å². The number of nitriles is 1. The molecule has 0 heterocycles. The fourth-order valence-electron chi connectivity index (χ4n) is 2.20. The van der Waals surface area contributed by atoms with Crippen molar-refractivity contribution in [2.24, 2.45) is 0 Å². The summed E-state index contributed by atoms with van der Waals surface area (Å²) >= 11 is 0. The van der Waals surface area contributed by atoms with Gasteiger partial charge in [-0.3, -0.25) is 0 Å². The van der Waals surface area contributed by atoms with Crippen molar-refractivity contribution >= 4 is 5.97 Å². The van der Waals surface area contributed by atoms with Crippen molar-refractivity contribution in [1.29, 1.82) is 5.26 Å². The molecule has 1 unspecified atom stereocenters. The molecule has 0 aliphatic carbocycles. The Morgan fingerprint density at radius 2 is 2.00 bits per heavy atom. The summed E-state index contributed by atoms with van der Waals surface area (Å²) in [6.07, 6.45) is 1.22. The normalized spacial score (nSPS) is 11.5. The number of carboxylic acid groups (broad SMARTS) is 1. The Morgan fingerprint density at radius 1 is 1.26 bits per heavy atom. The van der Waals surface area contributed by atoms with Gasteiger partial charge in [0.25, 0.3) is 0 Å². The number of nitrogens with zero attached hydrogens (tertiary/aromatic N) is 1. The second kappa shape index (κ2) is 7.95. The van der Waals surface area contributed by atoms with Crippen molar-refractivity contribution in [1.82, 2.24) is 0 Å². The maximum absolute atomic E-state index is 13.0. The van der Waals surface area contributed by atoms with Crippen molar-refractivity contribution in [2.75, 3.05) is 6.61 Å². The van der Waals surface area contributed by atoms with E-state index in [2.05, 4.69) is 6.07 Å². The van der Waals surface area contributed by atoms with Crippen LogP contribution in [-0.4, -0.2) is 17.7 Å². The number of carbonyl (C=O) groups is 1. The number of hydrogen-bond acceptors (Lipinski definition) is 3. The summed E-state index contributed by atoms with van der Waals surface area (Å²) in [4.78, 5) is 10.8. The van der Waals surface area contributed by atoms with Crippen LogP contribution in [0.3, 0.4) is 0 Å². The van der Waals surface area contributed by atoms with Crippen molar-refractivity contribution in [3.8, 4) is 11.8 Å². The van der Waals surface area contributed by atoms with Gasteiger partial charge in [0.15, 0.2) is 0 Å². The Balaban J connectivity index is 1.85. The Labute approximate surface area is 133 Å². The maximum atomic E-state index is 13.0. The summed E-state index contributed by atoms with van der Waals surface area (Å²) < 4.78 is 18.4. The number of halogens is 1. The van der Waals surface area contributed by atoms with Crippen LogP contribution in [0.1, 0.15) is 34.7 Å². The number of aromatic carboxylic acids is 1. The van der Waals surface area contributed by atoms with Crippen LogP contribution >= 0.6 is 0 Å². The number of ether oxygens (including phenoxy) is 1.